The molecule has 0 spiro atoms. The molecular weight excluding hydrogens is 286 g/mol. The Bertz CT molecular complexity index is 431. The van der Waals surface area contributed by atoms with Crippen LogP contribution in [0.4, 0.5) is 5.69 Å². The Morgan fingerprint density at radius 2 is 2.41 bits per heavy atom. The number of anilines is 1. The van der Waals surface area contributed by atoms with Crippen LogP contribution in [0.15, 0.2) is 28.1 Å². The average Bonchev–Trinajstić information content (AvgIpc) is 2.33. The van der Waals surface area contributed by atoms with Gasteiger partial charge in [-0.05, 0) is 22.4 Å². The third kappa shape index (κ3) is 4.32. The van der Waals surface area contributed by atoms with E-state index in [2.05, 4.69) is 32.9 Å². The first-order valence-corrected chi connectivity index (χ1v) is 6.10. The van der Waals surface area contributed by atoms with E-state index in [9.17, 15) is 4.79 Å². The molecule has 1 N–H and O–H groups in total. The Morgan fingerprint density at radius 3 is 3.12 bits per heavy atom. The predicted octanol–water partition coefficient (Wildman–Crippen LogP) is 1.55. The van der Waals surface area contributed by atoms with E-state index in [0.29, 0.717) is 29.9 Å². The molecule has 0 saturated heterocycles. The second-order valence-electron chi connectivity index (χ2n) is 3.42. The van der Waals surface area contributed by atoms with Crippen LogP contribution in [0.3, 0.4) is 0 Å². The lowest BCUT2D eigenvalue weighted by Gasteiger charge is -2.08. The van der Waals surface area contributed by atoms with E-state index in [1.807, 2.05) is 6.08 Å². The summed E-state index contributed by atoms with van der Waals surface area (Å²) < 4.78 is 7.10. The monoisotopic (exact) mass is 301 g/mol. The van der Waals surface area contributed by atoms with Gasteiger partial charge in [0.05, 0.1) is 25.1 Å². The van der Waals surface area contributed by atoms with Crippen molar-refractivity contribution in [1.29, 1.82) is 0 Å². The van der Waals surface area contributed by atoms with Gasteiger partial charge in [-0.25, -0.2) is 4.68 Å². The van der Waals surface area contributed by atoms with Crippen molar-refractivity contribution in [3.63, 3.8) is 0 Å². The van der Waals surface area contributed by atoms with Gasteiger partial charge in [0.15, 0.2) is 0 Å². The van der Waals surface area contributed by atoms with Crippen molar-refractivity contribution in [1.82, 2.24) is 9.78 Å². The number of rotatable bonds is 7. The molecule has 0 bridgehead atoms. The smallest absolute Gasteiger partial charge is 0.282 e. The van der Waals surface area contributed by atoms with Gasteiger partial charge in [-0.3, -0.25) is 4.79 Å². The lowest BCUT2D eigenvalue weighted by molar-refractivity contribution is 0.149. The highest BCUT2D eigenvalue weighted by Gasteiger charge is 2.05. The first-order valence-electron chi connectivity index (χ1n) is 5.31. The maximum atomic E-state index is 11.5. The van der Waals surface area contributed by atoms with Crippen molar-refractivity contribution in [3.8, 4) is 0 Å². The van der Waals surface area contributed by atoms with Crippen LogP contribution < -0.4 is 10.9 Å². The molecule has 0 amide bonds. The molecule has 5 nitrogen and oxygen atoms in total. The zero-order chi connectivity index (χ0) is 12.7. The highest BCUT2D eigenvalue weighted by molar-refractivity contribution is 9.10. The summed E-state index contributed by atoms with van der Waals surface area (Å²) in [5.41, 5.74) is 0.517. The Kier molecular flexibility index (Phi) is 5.93. The maximum absolute atomic E-state index is 11.5. The van der Waals surface area contributed by atoms with E-state index in [4.69, 9.17) is 4.74 Å². The first kappa shape index (κ1) is 13.9. The molecular formula is C11H16BrN3O2. The lowest BCUT2D eigenvalue weighted by atomic mass is 10.4. The summed E-state index contributed by atoms with van der Waals surface area (Å²) in [5.74, 6) is 0. The number of ether oxygens (including phenoxy) is 1. The van der Waals surface area contributed by atoms with Crippen LogP contribution in [-0.2, 0) is 11.8 Å². The number of aromatic nitrogens is 2. The summed E-state index contributed by atoms with van der Waals surface area (Å²) in [6.07, 6.45) is 4.27. The lowest BCUT2D eigenvalue weighted by Crippen LogP contribution is -2.22. The van der Waals surface area contributed by atoms with Crippen molar-refractivity contribution in [2.24, 2.45) is 7.05 Å². The first-order chi connectivity index (χ1) is 8.16. The normalized spacial score (nSPS) is 10.2. The van der Waals surface area contributed by atoms with Gasteiger partial charge in [0.25, 0.3) is 5.56 Å². The van der Waals surface area contributed by atoms with Crippen molar-refractivity contribution >= 4 is 21.6 Å². The fourth-order valence-electron chi connectivity index (χ4n) is 1.16. The number of nitrogens with zero attached hydrogens (tertiary/aromatic N) is 2. The molecule has 0 atom stereocenters. The quantitative estimate of drug-likeness (QED) is 0.613. The van der Waals surface area contributed by atoms with Gasteiger partial charge in [-0.15, -0.1) is 6.58 Å². The summed E-state index contributed by atoms with van der Waals surface area (Å²) in [7, 11) is 1.61. The van der Waals surface area contributed by atoms with Gasteiger partial charge in [0.2, 0.25) is 0 Å². The number of nitrogens with one attached hydrogen (secondary N) is 1. The number of halogens is 1. The molecule has 17 heavy (non-hydrogen) atoms. The summed E-state index contributed by atoms with van der Waals surface area (Å²) in [6.45, 7) is 5.48. The minimum Gasteiger partial charge on any atom is -0.380 e. The van der Waals surface area contributed by atoms with Gasteiger partial charge in [0, 0.05) is 13.6 Å². The van der Waals surface area contributed by atoms with Crippen LogP contribution in [0.2, 0.25) is 0 Å². The van der Waals surface area contributed by atoms with Gasteiger partial charge in [-0.2, -0.15) is 5.10 Å². The van der Waals surface area contributed by atoms with Crippen LogP contribution in [-0.4, -0.2) is 29.5 Å². The Labute approximate surface area is 109 Å². The van der Waals surface area contributed by atoms with Crippen molar-refractivity contribution < 1.29 is 4.74 Å². The van der Waals surface area contributed by atoms with Crippen molar-refractivity contribution in [2.45, 2.75) is 6.42 Å². The third-order valence-electron chi connectivity index (χ3n) is 2.11. The minimum atomic E-state index is -0.164. The molecule has 0 fully saturated rings. The Morgan fingerprint density at radius 1 is 1.65 bits per heavy atom. The standard InChI is InChI=1S/C11H16BrN3O2/c1-3-4-6-17-7-5-13-9-8-14-15(2)11(16)10(9)12/h3,8,13H,1,4-7H2,2H3. The van der Waals surface area contributed by atoms with Crippen molar-refractivity contribution in [2.75, 3.05) is 25.1 Å². The summed E-state index contributed by atoms with van der Waals surface area (Å²) in [5, 5.41) is 7.01. The van der Waals surface area contributed by atoms with E-state index in [1.54, 1.807) is 13.2 Å². The molecule has 0 saturated carbocycles. The SMILES string of the molecule is C=CCCOCCNc1cnn(C)c(=O)c1Br. The molecule has 6 heteroatoms. The third-order valence-corrected chi connectivity index (χ3v) is 2.87. The van der Waals surface area contributed by atoms with Gasteiger partial charge >= 0.3 is 0 Å². The van der Waals surface area contributed by atoms with Crippen LogP contribution in [0, 0.1) is 0 Å². The zero-order valence-corrected chi connectivity index (χ0v) is 11.4. The zero-order valence-electron chi connectivity index (χ0n) is 9.78. The molecule has 94 valence electrons. The van der Waals surface area contributed by atoms with Gasteiger partial charge in [-0.1, -0.05) is 6.08 Å². The maximum Gasteiger partial charge on any atom is 0.282 e. The largest absolute Gasteiger partial charge is 0.380 e. The highest BCUT2D eigenvalue weighted by Crippen LogP contribution is 2.15. The molecule has 1 aromatic heterocycles. The van der Waals surface area contributed by atoms with Crippen LogP contribution in [0.1, 0.15) is 6.42 Å². The highest BCUT2D eigenvalue weighted by atomic mass is 79.9. The van der Waals surface area contributed by atoms with Crippen LogP contribution >= 0.6 is 15.9 Å². The molecule has 0 unspecified atom stereocenters. The topological polar surface area (TPSA) is 56.1 Å². The summed E-state index contributed by atoms with van der Waals surface area (Å²) in [6, 6.07) is 0. The molecule has 1 rings (SSSR count). The van der Waals surface area contributed by atoms with Gasteiger partial charge in [0.1, 0.15) is 4.47 Å². The van der Waals surface area contributed by atoms with Crippen LogP contribution in [0.25, 0.3) is 0 Å². The van der Waals surface area contributed by atoms with Crippen molar-refractivity contribution in [3.05, 3.63) is 33.7 Å². The van der Waals surface area contributed by atoms with E-state index < -0.39 is 0 Å². The Hall–Kier alpha value is -1.14. The fourth-order valence-corrected chi connectivity index (χ4v) is 1.66. The van der Waals surface area contributed by atoms with Crippen LogP contribution in [0.5, 0.6) is 0 Å². The number of hydrogen-bond acceptors (Lipinski definition) is 4. The fraction of sp³-hybridized carbons (Fsp3) is 0.455. The van der Waals surface area contributed by atoms with E-state index in [-0.39, 0.29) is 5.56 Å². The molecule has 1 heterocycles. The number of aryl methyl sites for hydroxylation is 1. The summed E-state index contributed by atoms with van der Waals surface area (Å²) in [4.78, 5) is 11.5. The Balaban J connectivity index is 2.40. The minimum absolute atomic E-state index is 0.164. The second kappa shape index (κ2) is 7.24. The predicted molar refractivity (Wildman–Crippen MR) is 71.3 cm³/mol. The molecule has 0 radical (unpaired) electrons. The molecule has 0 aliphatic rings. The molecule has 1 aromatic rings. The molecule has 0 aliphatic heterocycles. The van der Waals surface area contributed by atoms with Gasteiger partial charge < -0.3 is 10.1 Å². The van der Waals surface area contributed by atoms with E-state index in [0.717, 1.165) is 6.42 Å². The molecule has 0 aromatic carbocycles. The molecule has 0 aliphatic carbocycles. The van der Waals surface area contributed by atoms with E-state index in [1.165, 1.54) is 4.68 Å². The van der Waals surface area contributed by atoms with E-state index >= 15 is 0 Å². The second-order valence-corrected chi connectivity index (χ2v) is 4.21. The number of hydrogen-bond donors (Lipinski definition) is 1. The average molecular weight is 302 g/mol. The summed E-state index contributed by atoms with van der Waals surface area (Å²) >= 11 is 3.24.